The molecular formula is C14H17N3OS2. The van der Waals surface area contributed by atoms with Crippen LogP contribution >= 0.6 is 23.1 Å². The number of nitrogens with zero attached hydrogens (tertiary/aromatic N) is 2. The van der Waals surface area contributed by atoms with Crippen molar-refractivity contribution in [3.05, 3.63) is 34.3 Å². The fourth-order valence-corrected chi connectivity index (χ4v) is 3.60. The Balaban J connectivity index is 2.02. The van der Waals surface area contributed by atoms with Crippen molar-refractivity contribution in [1.29, 1.82) is 0 Å². The van der Waals surface area contributed by atoms with Crippen molar-refractivity contribution in [1.82, 2.24) is 10.2 Å². The van der Waals surface area contributed by atoms with Gasteiger partial charge in [0.2, 0.25) is 5.91 Å². The molecule has 1 aromatic heterocycles. The number of aryl methyl sites for hydroxylation is 3. The molecular weight excluding hydrogens is 290 g/mol. The molecule has 1 amide bonds. The van der Waals surface area contributed by atoms with E-state index in [1.807, 2.05) is 45.9 Å². The lowest BCUT2D eigenvalue weighted by atomic mass is 10.1. The molecule has 0 unspecified atom stereocenters. The molecule has 1 aromatic carbocycles. The normalized spacial score (nSPS) is 12.2. The third-order valence-corrected chi connectivity index (χ3v) is 4.83. The van der Waals surface area contributed by atoms with Crippen molar-refractivity contribution in [3.8, 4) is 0 Å². The van der Waals surface area contributed by atoms with E-state index in [9.17, 15) is 4.79 Å². The molecule has 2 rings (SSSR count). The Morgan fingerprint density at radius 2 is 2.05 bits per heavy atom. The van der Waals surface area contributed by atoms with Gasteiger partial charge in [-0.15, -0.1) is 10.2 Å². The number of anilines is 1. The second-order valence-corrected chi connectivity index (χ2v) is 7.42. The monoisotopic (exact) mass is 307 g/mol. The van der Waals surface area contributed by atoms with E-state index in [0.717, 1.165) is 26.2 Å². The van der Waals surface area contributed by atoms with Crippen molar-refractivity contribution >= 4 is 34.7 Å². The molecule has 0 radical (unpaired) electrons. The van der Waals surface area contributed by atoms with E-state index in [2.05, 4.69) is 15.5 Å². The van der Waals surface area contributed by atoms with E-state index < -0.39 is 0 Å². The Hall–Kier alpha value is -1.40. The molecule has 2 aromatic rings. The summed E-state index contributed by atoms with van der Waals surface area (Å²) in [5, 5.41) is 11.7. The van der Waals surface area contributed by atoms with E-state index in [1.165, 1.54) is 23.1 Å². The molecule has 20 heavy (non-hydrogen) atoms. The van der Waals surface area contributed by atoms with E-state index in [4.69, 9.17) is 0 Å². The summed E-state index contributed by atoms with van der Waals surface area (Å²) in [5.74, 6) is -0.0171. The van der Waals surface area contributed by atoms with Crippen molar-refractivity contribution < 1.29 is 4.79 Å². The summed E-state index contributed by atoms with van der Waals surface area (Å²) in [7, 11) is 0. The van der Waals surface area contributed by atoms with Gasteiger partial charge < -0.3 is 5.32 Å². The zero-order valence-corrected chi connectivity index (χ0v) is 13.6. The van der Waals surface area contributed by atoms with Gasteiger partial charge in [0.05, 0.1) is 5.25 Å². The minimum absolute atomic E-state index is 0.0171. The van der Waals surface area contributed by atoms with Crippen LogP contribution in [0.3, 0.4) is 0 Å². The average Bonchev–Trinajstić information content (AvgIpc) is 2.79. The maximum absolute atomic E-state index is 12.2. The predicted octanol–water partition coefficient (Wildman–Crippen LogP) is 3.58. The molecule has 4 nitrogen and oxygen atoms in total. The average molecular weight is 307 g/mol. The summed E-state index contributed by atoms with van der Waals surface area (Å²) >= 11 is 2.94. The van der Waals surface area contributed by atoms with Gasteiger partial charge in [0.1, 0.15) is 5.01 Å². The molecule has 106 valence electrons. The lowest BCUT2D eigenvalue weighted by Gasteiger charge is -2.12. The minimum atomic E-state index is -0.206. The van der Waals surface area contributed by atoms with E-state index in [-0.39, 0.29) is 11.2 Å². The number of nitrogens with one attached hydrogen (secondary N) is 1. The van der Waals surface area contributed by atoms with Gasteiger partial charge in [0.15, 0.2) is 4.34 Å². The SMILES string of the molecule is Cc1ccc(C)c(NC(=O)[C@H](C)Sc2nnc(C)s2)c1. The zero-order chi connectivity index (χ0) is 14.7. The highest BCUT2D eigenvalue weighted by atomic mass is 32.2. The van der Waals surface area contributed by atoms with E-state index in [0.29, 0.717) is 0 Å². The number of benzene rings is 1. The first-order valence-electron chi connectivity index (χ1n) is 6.30. The smallest absolute Gasteiger partial charge is 0.237 e. The van der Waals surface area contributed by atoms with Gasteiger partial charge in [-0.05, 0) is 44.9 Å². The summed E-state index contributed by atoms with van der Waals surface area (Å²) < 4.78 is 0.825. The van der Waals surface area contributed by atoms with Crippen LogP contribution in [0.5, 0.6) is 0 Å². The standard InChI is InChI=1S/C14H17N3OS2/c1-8-5-6-9(2)12(7-8)15-13(18)10(3)19-14-17-16-11(4)20-14/h5-7,10H,1-4H3,(H,15,18)/t10-/m0/s1. The molecule has 1 atom stereocenters. The van der Waals surface area contributed by atoms with Crippen LogP contribution in [0.2, 0.25) is 0 Å². The van der Waals surface area contributed by atoms with E-state index >= 15 is 0 Å². The summed E-state index contributed by atoms with van der Waals surface area (Å²) in [4.78, 5) is 12.2. The molecule has 0 aliphatic rings. The van der Waals surface area contributed by atoms with Gasteiger partial charge in [0.25, 0.3) is 0 Å². The Morgan fingerprint density at radius 3 is 2.70 bits per heavy atom. The lowest BCUT2D eigenvalue weighted by Crippen LogP contribution is -2.22. The molecule has 0 bridgehead atoms. The summed E-state index contributed by atoms with van der Waals surface area (Å²) in [6, 6.07) is 6.03. The lowest BCUT2D eigenvalue weighted by molar-refractivity contribution is -0.115. The third-order valence-electron chi connectivity index (χ3n) is 2.81. The van der Waals surface area contributed by atoms with Crippen molar-refractivity contribution in [2.24, 2.45) is 0 Å². The minimum Gasteiger partial charge on any atom is -0.325 e. The topological polar surface area (TPSA) is 54.9 Å². The number of carbonyl (C=O) groups is 1. The molecule has 1 heterocycles. The first-order chi connectivity index (χ1) is 9.45. The maximum atomic E-state index is 12.2. The molecule has 0 spiro atoms. The summed E-state index contributed by atoms with van der Waals surface area (Å²) in [6.45, 7) is 7.78. The first kappa shape index (κ1) is 15.0. The predicted molar refractivity (Wildman–Crippen MR) is 84.5 cm³/mol. The van der Waals surface area contributed by atoms with Crippen LogP contribution in [0, 0.1) is 20.8 Å². The van der Waals surface area contributed by atoms with Crippen LogP contribution in [0.25, 0.3) is 0 Å². The maximum Gasteiger partial charge on any atom is 0.237 e. The molecule has 0 saturated heterocycles. The number of hydrogen-bond donors (Lipinski definition) is 1. The van der Waals surface area contributed by atoms with Crippen LogP contribution in [0.1, 0.15) is 23.1 Å². The quantitative estimate of drug-likeness (QED) is 0.877. The first-order valence-corrected chi connectivity index (χ1v) is 8.00. The van der Waals surface area contributed by atoms with Gasteiger partial charge in [-0.25, -0.2) is 0 Å². The second-order valence-electron chi connectivity index (χ2n) is 4.65. The fourth-order valence-electron chi connectivity index (χ4n) is 1.64. The van der Waals surface area contributed by atoms with Gasteiger partial charge in [-0.2, -0.15) is 0 Å². The van der Waals surface area contributed by atoms with Crippen LogP contribution in [-0.2, 0) is 4.79 Å². The molecule has 1 N–H and O–H groups in total. The number of carbonyl (C=O) groups excluding carboxylic acids is 1. The highest BCUT2D eigenvalue weighted by molar-refractivity contribution is 8.02. The van der Waals surface area contributed by atoms with Crippen LogP contribution in [0.4, 0.5) is 5.69 Å². The second kappa shape index (κ2) is 6.37. The number of aromatic nitrogens is 2. The van der Waals surface area contributed by atoms with Crippen molar-refractivity contribution in [3.63, 3.8) is 0 Å². The van der Waals surface area contributed by atoms with E-state index in [1.54, 1.807) is 0 Å². The molecule has 6 heteroatoms. The van der Waals surface area contributed by atoms with Crippen LogP contribution in [0.15, 0.2) is 22.5 Å². The molecule has 0 saturated carbocycles. The Bertz CT molecular complexity index is 625. The van der Waals surface area contributed by atoms with Gasteiger partial charge >= 0.3 is 0 Å². The largest absolute Gasteiger partial charge is 0.325 e. The van der Waals surface area contributed by atoms with Gasteiger partial charge in [-0.3, -0.25) is 4.79 Å². The summed E-state index contributed by atoms with van der Waals surface area (Å²) in [6.07, 6.45) is 0. The highest BCUT2D eigenvalue weighted by Crippen LogP contribution is 2.27. The van der Waals surface area contributed by atoms with Gasteiger partial charge in [-0.1, -0.05) is 35.2 Å². The highest BCUT2D eigenvalue weighted by Gasteiger charge is 2.17. The number of amides is 1. The Morgan fingerprint density at radius 1 is 1.30 bits per heavy atom. The van der Waals surface area contributed by atoms with Crippen LogP contribution < -0.4 is 5.32 Å². The number of hydrogen-bond acceptors (Lipinski definition) is 5. The number of rotatable bonds is 4. The fraction of sp³-hybridized carbons (Fsp3) is 0.357. The Labute approximate surface area is 127 Å². The number of thioether (sulfide) groups is 1. The van der Waals surface area contributed by atoms with Crippen molar-refractivity contribution in [2.45, 2.75) is 37.3 Å². The zero-order valence-electron chi connectivity index (χ0n) is 11.9. The summed E-state index contributed by atoms with van der Waals surface area (Å²) in [5.41, 5.74) is 3.06. The van der Waals surface area contributed by atoms with Crippen molar-refractivity contribution in [2.75, 3.05) is 5.32 Å². The van der Waals surface area contributed by atoms with Crippen LogP contribution in [-0.4, -0.2) is 21.4 Å². The Kier molecular flexibility index (Phi) is 4.77. The molecule has 0 fully saturated rings. The third kappa shape index (κ3) is 3.80. The molecule has 0 aliphatic carbocycles. The molecule has 0 aliphatic heterocycles. The van der Waals surface area contributed by atoms with Gasteiger partial charge in [0, 0.05) is 5.69 Å².